The van der Waals surface area contributed by atoms with Gasteiger partial charge in [-0.2, -0.15) is 0 Å². The summed E-state index contributed by atoms with van der Waals surface area (Å²) in [4.78, 5) is 47.6. The van der Waals surface area contributed by atoms with Gasteiger partial charge in [0.05, 0.1) is 16.8 Å². The van der Waals surface area contributed by atoms with Crippen LogP contribution < -0.4 is 0 Å². The number of hydrogen-bond acceptors (Lipinski definition) is 6. The van der Waals surface area contributed by atoms with Gasteiger partial charge in [-0.25, -0.2) is 4.98 Å². The van der Waals surface area contributed by atoms with Gasteiger partial charge in [0, 0.05) is 43.7 Å². The van der Waals surface area contributed by atoms with E-state index < -0.39 is 11.8 Å². The van der Waals surface area contributed by atoms with Crippen LogP contribution in [0.25, 0.3) is 10.6 Å². The largest absolute Gasteiger partial charge is 0.339 e. The molecule has 2 aliphatic rings. The summed E-state index contributed by atoms with van der Waals surface area (Å²) in [5.41, 5.74) is 2.88. The predicted molar refractivity (Wildman–Crippen MR) is 121 cm³/mol. The molecule has 3 amide bonds. The first-order valence-electron chi connectivity index (χ1n) is 10.6. The van der Waals surface area contributed by atoms with Gasteiger partial charge in [-0.05, 0) is 12.1 Å². The number of nitrogens with zero attached hydrogens (tertiary/aromatic N) is 4. The minimum Gasteiger partial charge on any atom is -0.339 e. The van der Waals surface area contributed by atoms with Gasteiger partial charge < -0.3 is 4.90 Å². The lowest BCUT2D eigenvalue weighted by Gasteiger charge is -2.35. The number of imide groups is 1. The smallest absolute Gasteiger partial charge is 0.262 e. The Balaban J connectivity index is 1.14. The summed E-state index contributed by atoms with van der Waals surface area (Å²) in [6.07, 6.45) is 0. The van der Waals surface area contributed by atoms with Crippen LogP contribution in [0.1, 0.15) is 26.4 Å². The lowest BCUT2D eigenvalue weighted by molar-refractivity contribution is -0.133. The summed E-state index contributed by atoms with van der Waals surface area (Å²) in [6.45, 7) is 3.12. The average Bonchev–Trinajstić information content (AvgIpc) is 3.39. The van der Waals surface area contributed by atoms with Crippen LogP contribution in [0.2, 0.25) is 0 Å². The zero-order valence-electron chi connectivity index (χ0n) is 17.4. The molecule has 0 spiro atoms. The highest BCUT2D eigenvalue weighted by molar-refractivity contribution is 7.13. The van der Waals surface area contributed by atoms with Crippen LogP contribution in [0.15, 0.2) is 60.0 Å². The van der Waals surface area contributed by atoms with Crippen LogP contribution in [0, 0.1) is 0 Å². The molecule has 1 fully saturated rings. The molecule has 0 atom stereocenters. The molecule has 1 saturated heterocycles. The third-order valence-corrected chi connectivity index (χ3v) is 6.79. The van der Waals surface area contributed by atoms with E-state index in [1.807, 2.05) is 18.2 Å². The van der Waals surface area contributed by atoms with Crippen LogP contribution in [-0.2, 0) is 11.3 Å². The molecule has 0 bridgehead atoms. The summed E-state index contributed by atoms with van der Waals surface area (Å²) in [5, 5.41) is 3.10. The third-order valence-electron chi connectivity index (χ3n) is 5.85. The highest BCUT2D eigenvalue weighted by Crippen LogP contribution is 2.25. The van der Waals surface area contributed by atoms with E-state index in [-0.39, 0.29) is 12.5 Å². The lowest BCUT2D eigenvalue weighted by Crippen LogP contribution is -2.51. The van der Waals surface area contributed by atoms with Crippen LogP contribution in [0.5, 0.6) is 0 Å². The maximum absolute atomic E-state index is 12.8. The van der Waals surface area contributed by atoms with Gasteiger partial charge in [-0.1, -0.05) is 42.5 Å². The number of thiazole rings is 1. The Bertz CT molecular complexity index is 1130. The number of carbonyl (C=O) groups excluding carboxylic acids is 3. The minimum atomic E-state index is -0.393. The molecular weight excluding hydrogens is 424 g/mol. The Morgan fingerprint density at radius 2 is 1.50 bits per heavy atom. The molecule has 0 saturated carbocycles. The van der Waals surface area contributed by atoms with Gasteiger partial charge in [0.1, 0.15) is 11.6 Å². The summed E-state index contributed by atoms with van der Waals surface area (Å²) >= 11 is 1.64. The zero-order chi connectivity index (χ0) is 22.1. The van der Waals surface area contributed by atoms with Crippen LogP contribution in [0.4, 0.5) is 0 Å². The van der Waals surface area contributed by atoms with Crippen molar-refractivity contribution in [3.8, 4) is 10.6 Å². The molecule has 2 aromatic carbocycles. The van der Waals surface area contributed by atoms with Gasteiger partial charge in [-0.3, -0.25) is 24.2 Å². The van der Waals surface area contributed by atoms with Gasteiger partial charge in [0.2, 0.25) is 5.91 Å². The summed E-state index contributed by atoms with van der Waals surface area (Å²) in [7, 11) is 0. The van der Waals surface area contributed by atoms with Crippen molar-refractivity contribution >= 4 is 29.1 Å². The molecule has 32 heavy (non-hydrogen) atoms. The topological polar surface area (TPSA) is 73.8 Å². The number of amides is 3. The Hall–Kier alpha value is -3.36. The number of benzene rings is 2. The van der Waals surface area contributed by atoms with Crippen molar-refractivity contribution in [3.63, 3.8) is 0 Å². The average molecular weight is 447 g/mol. The molecule has 0 N–H and O–H groups in total. The van der Waals surface area contributed by atoms with Gasteiger partial charge in [0.25, 0.3) is 11.8 Å². The molecule has 8 heteroatoms. The van der Waals surface area contributed by atoms with Crippen molar-refractivity contribution in [3.05, 3.63) is 76.8 Å². The number of carbonyl (C=O) groups is 3. The highest BCUT2D eigenvalue weighted by atomic mass is 32.1. The number of fused-ring (bicyclic) bond motifs is 1. The highest BCUT2D eigenvalue weighted by Gasteiger charge is 2.37. The molecule has 162 valence electrons. The first-order valence-corrected chi connectivity index (χ1v) is 11.4. The van der Waals surface area contributed by atoms with Crippen LogP contribution in [-0.4, -0.2) is 70.1 Å². The first-order chi connectivity index (χ1) is 15.6. The Morgan fingerprint density at radius 3 is 2.16 bits per heavy atom. The molecule has 3 aromatic rings. The van der Waals surface area contributed by atoms with Crippen LogP contribution in [0.3, 0.4) is 0 Å². The SMILES string of the molecule is O=C(CN1C(=O)c2ccccc2C1=O)N1CCN(Cc2csc(-c3ccccc3)n2)CC1. The normalized spacial score (nSPS) is 16.5. The third kappa shape index (κ3) is 3.94. The van der Waals surface area contributed by atoms with Gasteiger partial charge in [-0.15, -0.1) is 11.3 Å². The second kappa shape index (κ2) is 8.64. The van der Waals surface area contributed by atoms with E-state index in [4.69, 9.17) is 4.98 Å². The van der Waals surface area contributed by atoms with Crippen molar-refractivity contribution in [2.24, 2.45) is 0 Å². The maximum atomic E-state index is 12.8. The molecule has 0 unspecified atom stereocenters. The Kier molecular flexibility index (Phi) is 5.55. The van der Waals surface area contributed by atoms with E-state index in [1.165, 1.54) is 0 Å². The standard InChI is InChI=1S/C24H22N4O3S/c29-21(15-28-23(30)19-8-4-5-9-20(19)24(28)31)27-12-10-26(11-13-27)14-18-16-32-22(25-18)17-6-2-1-3-7-17/h1-9,16H,10-15H2. The van der Waals surface area contributed by atoms with Gasteiger partial charge in [0.15, 0.2) is 0 Å². The molecule has 2 aliphatic heterocycles. The summed E-state index contributed by atoms with van der Waals surface area (Å²) in [6, 6.07) is 16.8. The minimum absolute atomic E-state index is 0.195. The van der Waals surface area contributed by atoms with E-state index in [2.05, 4.69) is 22.4 Å². The molecule has 7 nitrogen and oxygen atoms in total. The second-order valence-electron chi connectivity index (χ2n) is 7.91. The lowest BCUT2D eigenvalue weighted by atomic mass is 10.1. The van der Waals surface area contributed by atoms with E-state index in [1.54, 1.807) is 40.5 Å². The summed E-state index contributed by atoms with van der Waals surface area (Å²) in [5.74, 6) is -0.982. The Labute approximate surface area is 189 Å². The summed E-state index contributed by atoms with van der Waals surface area (Å²) < 4.78 is 0. The fourth-order valence-corrected chi connectivity index (χ4v) is 4.91. The number of aromatic nitrogens is 1. The first kappa shape index (κ1) is 20.5. The molecule has 0 aliphatic carbocycles. The quantitative estimate of drug-likeness (QED) is 0.564. The molecule has 0 radical (unpaired) electrons. The fraction of sp³-hybridized carbons (Fsp3) is 0.250. The second-order valence-corrected chi connectivity index (χ2v) is 8.77. The number of hydrogen-bond donors (Lipinski definition) is 0. The number of rotatable bonds is 5. The molecule has 5 rings (SSSR count). The zero-order valence-corrected chi connectivity index (χ0v) is 18.3. The van der Waals surface area contributed by atoms with Crippen LogP contribution >= 0.6 is 11.3 Å². The van der Waals surface area contributed by atoms with Gasteiger partial charge >= 0.3 is 0 Å². The van der Waals surface area contributed by atoms with E-state index in [0.29, 0.717) is 24.2 Å². The molecule has 3 heterocycles. The monoisotopic (exact) mass is 446 g/mol. The Morgan fingerprint density at radius 1 is 0.875 bits per heavy atom. The van der Waals surface area contributed by atoms with E-state index in [9.17, 15) is 14.4 Å². The van der Waals surface area contributed by atoms with Crippen molar-refractivity contribution in [1.82, 2.24) is 19.7 Å². The predicted octanol–water partition coefficient (Wildman–Crippen LogP) is 2.75. The van der Waals surface area contributed by atoms with Crippen molar-refractivity contribution in [2.45, 2.75) is 6.54 Å². The molecule has 1 aromatic heterocycles. The maximum Gasteiger partial charge on any atom is 0.262 e. The van der Waals surface area contributed by atoms with Crippen molar-refractivity contribution in [2.75, 3.05) is 32.7 Å². The fourth-order valence-electron chi connectivity index (χ4n) is 4.10. The van der Waals surface area contributed by atoms with Crippen molar-refractivity contribution in [1.29, 1.82) is 0 Å². The van der Waals surface area contributed by atoms with E-state index >= 15 is 0 Å². The molecular formula is C24H22N4O3S. The number of piperazine rings is 1. The van der Waals surface area contributed by atoms with Crippen molar-refractivity contribution < 1.29 is 14.4 Å². The van der Waals surface area contributed by atoms with E-state index in [0.717, 1.165) is 40.8 Å².